The summed E-state index contributed by atoms with van der Waals surface area (Å²) in [5.74, 6) is 0. The Labute approximate surface area is 121 Å². The SMILES string of the molecule is CC(Nc1cccc2ccccc12)c1ccc(Cl)s1. The first-order valence-corrected chi connectivity index (χ1v) is 7.43. The van der Waals surface area contributed by atoms with Crippen LogP contribution in [0.4, 0.5) is 5.69 Å². The molecule has 1 aromatic heterocycles. The second-order valence-corrected chi connectivity index (χ2v) is 6.28. The fraction of sp³-hybridized carbons (Fsp3) is 0.125. The molecule has 0 aliphatic heterocycles. The van der Waals surface area contributed by atoms with Crippen molar-refractivity contribution in [2.24, 2.45) is 0 Å². The molecular formula is C16H14ClNS. The Morgan fingerprint density at radius 3 is 2.58 bits per heavy atom. The van der Waals surface area contributed by atoms with Crippen LogP contribution in [0.1, 0.15) is 17.8 Å². The second-order valence-electron chi connectivity index (χ2n) is 4.53. The van der Waals surface area contributed by atoms with Crippen LogP contribution < -0.4 is 5.32 Å². The number of hydrogen-bond acceptors (Lipinski definition) is 2. The molecule has 3 heteroatoms. The van der Waals surface area contributed by atoms with E-state index in [1.807, 2.05) is 6.07 Å². The van der Waals surface area contributed by atoms with Crippen molar-refractivity contribution in [3.8, 4) is 0 Å². The van der Waals surface area contributed by atoms with E-state index in [1.54, 1.807) is 11.3 Å². The molecule has 1 nitrogen and oxygen atoms in total. The smallest absolute Gasteiger partial charge is 0.0932 e. The Bertz CT molecular complexity index is 699. The predicted octanol–water partition coefficient (Wildman–Crippen LogP) is 5.73. The summed E-state index contributed by atoms with van der Waals surface area (Å²) in [5.41, 5.74) is 1.16. The highest BCUT2D eigenvalue weighted by molar-refractivity contribution is 7.16. The highest BCUT2D eigenvalue weighted by Crippen LogP contribution is 2.31. The molecule has 19 heavy (non-hydrogen) atoms. The molecule has 96 valence electrons. The molecule has 0 radical (unpaired) electrons. The molecule has 3 aromatic rings. The fourth-order valence-electron chi connectivity index (χ4n) is 2.22. The highest BCUT2D eigenvalue weighted by atomic mass is 35.5. The van der Waals surface area contributed by atoms with Crippen LogP contribution in [0.3, 0.4) is 0 Å². The molecule has 2 aromatic carbocycles. The normalized spacial score (nSPS) is 12.5. The van der Waals surface area contributed by atoms with Gasteiger partial charge in [0.25, 0.3) is 0 Å². The lowest BCUT2D eigenvalue weighted by atomic mass is 10.1. The lowest BCUT2D eigenvalue weighted by Crippen LogP contribution is -2.04. The van der Waals surface area contributed by atoms with Crippen molar-refractivity contribution < 1.29 is 0 Å². The van der Waals surface area contributed by atoms with E-state index in [2.05, 4.69) is 60.8 Å². The van der Waals surface area contributed by atoms with E-state index in [1.165, 1.54) is 15.6 Å². The van der Waals surface area contributed by atoms with E-state index in [0.29, 0.717) is 0 Å². The minimum Gasteiger partial charge on any atom is -0.377 e. The highest BCUT2D eigenvalue weighted by Gasteiger charge is 2.09. The van der Waals surface area contributed by atoms with Gasteiger partial charge in [-0.15, -0.1) is 11.3 Å². The predicted molar refractivity (Wildman–Crippen MR) is 85.3 cm³/mol. The van der Waals surface area contributed by atoms with E-state index in [9.17, 15) is 0 Å². The zero-order valence-corrected chi connectivity index (χ0v) is 12.1. The number of nitrogens with one attached hydrogen (secondary N) is 1. The van der Waals surface area contributed by atoms with Crippen LogP contribution >= 0.6 is 22.9 Å². The van der Waals surface area contributed by atoms with Crippen molar-refractivity contribution in [2.75, 3.05) is 5.32 Å². The van der Waals surface area contributed by atoms with Crippen LogP contribution in [0.2, 0.25) is 4.34 Å². The van der Waals surface area contributed by atoms with Crippen molar-refractivity contribution >= 4 is 39.4 Å². The minimum atomic E-state index is 0.253. The van der Waals surface area contributed by atoms with Gasteiger partial charge in [-0.2, -0.15) is 0 Å². The average Bonchev–Trinajstić information content (AvgIpc) is 2.86. The molecule has 1 unspecified atom stereocenters. The largest absolute Gasteiger partial charge is 0.377 e. The van der Waals surface area contributed by atoms with Gasteiger partial charge in [0, 0.05) is 16.0 Å². The van der Waals surface area contributed by atoms with Gasteiger partial charge in [-0.25, -0.2) is 0 Å². The molecule has 0 amide bonds. The molecule has 1 atom stereocenters. The third-order valence-corrected chi connectivity index (χ3v) is 4.60. The number of fused-ring (bicyclic) bond motifs is 1. The number of anilines is 1. The van der Waals surface area contributed by atoms with E-state index in [4.69, 9.17) is 11.6 Å². The summed E-state index contributed by atoms with van der Waals surface area (Å²) in [5, 5.41) is 6.07. The van der Waals surface area contributed by atoms with E-state index < -0.39 is 0 Å². The van der Waals surface area contributed by atoms with Crippen LogP contribution in [0.25, 0.3) is 10.8 Å². The maximum atomic E-state index is 5.99. The summed E-state index contributed by atoms with van der Waals surface area (Å²) >= 11 is 7.62. The Balaban J connectivity index is 1.93. The Morgan fingerprint density at radius 2 is 1.79 bits per heavy atom. The van der Waals surface area contributed by atoms with Crippen molar-refractivity contribution in [3.63, 3.8) is 0 Å². The molecule has 1 N–H and O–H groups in total. The van der Waals surface area contributed by atoms with Gasteiger partial charge >= 0.3 is 0 Å². The summed E-state index contributed by atoms with van der Waals surface area (Å²) in [4.78, 5) is 1.25. The topological polar surface area (TPSA) is 12.0 Å². The monoisotopic (exact) mass is 287 g/mol. The summed E-state index contributed by atoms with van der Waals surface area (Å²) in [6.45, 7) is 2.16. The molecule has 3 rings (SSSR count). The van der Waals surface area contributed by atoms with Gasteiger partial charge in [-0.3, -0.25) is 0 Å². The van der Waals surface area contributed by atoms with Crippen molar-refractivity contribution in [1.29, 1.82) is 0 Å². The molecule has 0 bridgehead atoms. The first-order chi connectivity index (χ1) is 9.24. The number of thiophene rings is 1. The number of halogens is 1. The lowest BCUT2D eigenvalue weighted by molar-refractivity contribution is 0.910. The Morgan fingerprint density at radius 1 is 1.00 bits per heavy atom. The maximum Gasteiger partial charge on any atom is 0.0932 e. The summed E-state index contributed by atoms with van der Waals surface area (Å²) < 4.78 is 0.835. The van der Waals surface area contributed by atoms with E-state index >= 15 is 0 Å². The van der Waals surface area contributed by atoms with Crippen LogP contribution in [0.15, 0.2) is 54.6 Å². The molecule has 0 fully saturated rings. The molecule has 1 heterocycles. The zero-order chi connectivity index (χ0) is 13.2. The number of rotatable bonds is 3. The summed E-state index contributed by atoms with van der Waals surface area (Å²) in [6, 6.07) is 19.0. The molecule has 0 saturated heterocycles. The third-order valence-electron chi connectivity index (χ3n) is 3.18. The zero-order valence-electron chi connectivity index (χ0n) is 10.6. The van der Waals surface area contributed by atoms with Crippen molar-refractivity contribution in [2.45, 2.75) is 13.0 Å². The standard InChI is InChI=1S/C16H14ClNS/c1-11(15-9-10-16(17)19-15)18-14-8-4-6-12-5-2-3-7-13(12)14/h2-11,18H,1H3. The van der Waals surface area contributed by atoms with Gasteiger partial charge in [0.15, 0.2) is 0 Å². The van der Waals surface area contributed by atoms with Crippen LogP contribution in [-0.4, -0.2) is 0 Å². The van der Waals surface area contributed by atoms with Gasteiger partial charge in [0.05, 0.1) is 10.4 Å². The number of benzene rings is 2. The van der Waals surface area contributed by atoms with E-state index in [0.717, 1.165) is 10.0 Å². The molecule has 0 aliphatic rings. The van der Waals surface area contributed by atoms with Crippen LogP contribution in [0, 0.1) is 0 Å². The van der Waals surface area contributed by atoms with Crippen LogP contribution in [-0.2, 0) is 0 Å². The molecule has 0 spiro atoms. The first kappa shape index (κ1) is 12.5. The van der Waals surface area contributed by atoms with Gasteiger partial charge in [-0.05, 0) is 30.5 Å². The maximum absolute atomic E-state index is 5.99. The average molecular weight is 288 g/mol. The van der Waals surface area contributed by atoms with Gasteiger partial charge < -0.3 is 5.32 Å². The quantitative estimate of drug-likeness (QED) is 0.649. The molecule has 0 aliphatic carbocycles. The summed E-state index contributed by atoms with van der Waals surface area (Å²) in [6.07, 6.45) is 0. The molecular weight excluding hydrogens is 274 g/mol. The van der Waals surface area contributed by atoms with Gasteiger partial charge in [0.2, 0.25) is 0 Å². The first-order valence-electron chi connectivity index (χ1n) is 6.23. The Kier molecular flexibility index (Phi) is 3.45. The number of hydrogen-bond donors (Lipinski definition) is 1. The van der Waals surface area contributed by atoms with Gasteiger partial charge in [0.1, 0.15) is 0 Å². The van der Waals surface area contributed by atoms with Crippen molar-refractivity contribution in [3.05, 3.63) is 63.8 Å². The summed E-state index contributed by atoms with van der Waals surface area (Å²) in [7, 11) is 0. The van der Waals surface area contributed by atoms with Crippen molar-refractivity contribution in [1.82, 2.24) is 0 Å². The van der Waals surface area contributed by atoms with Gasteiger partial charge in [-0.1, -0.05) is 48.0 Å². The minimum absolute atomic E-state index is 0.253. The van der Waals surface area contributed by atoms with E-state index in [-0.39, 0.29) is 6.04 Å². The fourth-order valence-corrected chi connectivity index (χ4v) is 3.28. The van der Waals surface area contributed by atoms with Crippen LogP contribution in [0.5, 0.6) is 0 Å². The molecule has 0 saturated carbocycles. The lowest BCUT2D eigenvalue weighted by Gasteiger charge is -2.15. The second kappa shape index (κ2) is 5.24. The Hall–Kier alpha value is -1.51. The third kappa shape index (κ3) is 2.60.